The summed E-state index contributed by atoms with van der Waals surface area (Å²) in [6.45, 7) is 13.8. The normalized spacial score (nSPS) is 17.1. The van der Waals surface area contributed by atoms with Crippen LogP contribution in [0.25, 0.3) is 0 Å². The molecule has 2 aromatic carbocycles. The molecule has 1 fully saturated rings. The van der Waals surface area contributed by atoms with E-state index in [-0.39, 0.29) is 23.3 Å². The van der Waals surface area contributed by atoms with E-state index in [0.29, 0.717) is 0 Å². The third-order valence-electron chi connectivity index (χ3n) is 6.08. The standard InChI is InChI=1S/C26H36N2O/c1-19-7-6-8-21(17-19)18-28-15-13-23(14-16-28)25(29)27-20(2)22-9-11-24(12-10-22)26(3,4)5/h6-12,17,20,23H,13-16,18H2,1-5H3,(H,27,29)/t20-/m0/s1. The predicted molar refractivity (Wildman–Crippen MR) is 121 cm³/mol. The SMILES string of the molecule is Cc1cccc(CN2CCC(C(=O)N[C@@H](C)c3ccc(C(C)(C)C)cc3)CC2)c1. The zero-order valence-electron chi connectivity index (χ0n) is 18.7. The number of benzene rings is 2. The van der Waals surface area contributed by atoms with Gasteiger partial charge in [-0.1, -0.05) is 74.9 Å². The first-order valence-electron chi connectivity index (χ1n) is 10.9. The number of aryl methyl sites for hydroxylation is 1. The molecule has 0 spiro atoms. The largest absolute Gasteiger partial charge is 0.349 e. The average Bonchev–Trinajstić information content (AvgIpc) is 2.68. The fourth-order valence-corrected chi connectivity index (χ4v) is 4.11. The first kappa shape index (κ1) is 21.6. The number of likely N-dealkylation sites (tertiary alicyclic amines) is 1. The van der Waals surface area contributed by atoms with Crippen molar-refractivity contribution in [2.75, 3.05) is 13.1 Å². The monoisotopic (exact) mass is 392 g/mol. The summed E-state index contributed by atoms with van der Waals surface area (Å²) >= 11 is 0. The van der Waals surface area contributed by atoms with Crippen molar-refractivity contribution in [2.24, 2.45) is 5.92 Å². The number of amides is 1. The van der Waals surface area contributed by atoms with Gasteiger partial charge in [0.05, 0.1) is 6.04 Å². The molecule has 1 amide bonds. The van der Waals surface area contributed by atoms with Crippen LogP contribution in [0.1, 0.15) is 68.8 Å². The Morgan fingerprint density at radius 2 is 1.76 bits per heavy atom. The van der Waals surface area contributed by atoms with E-state index in [2.05, 4.69) is 93.4 Å². The predicted octanol–water partition coefficient (Wildman–Crippen LogP) is 5.38. The number of nitrogens with one attached hydrogen (secondary N) is 1. The number of nitrogens with zero attached hydrogens (tertiary/aromatic N) is 1. The molecule has 3 rings (SSSR count). The molecule has 1 saturated heterocycles. The molecule has 2 aromatic rings. The Balaban J connectivity index is 1.49. The van der Waals surface area contributed by atoms with Gasteiger partial charge in [-0.3, -0.25) is 9.69 Å². The lowest BCUT2D eigenvalue weighted by atomic mass is 9.86. The van der Waals surface area contributed by atoms with E-state index in [1.165, 1.54) is 22.3 Å². The van der Waals surface area contributed by atoms with Gasteiger partial charge < -0.3 is 5.32 Å². The Hall–Kier alpha value is -2.13. The maximum atomic E-state index is 12.8. The first-order valence-corrected chi connectivity index (χ1v) is 10.9. The molecule has 29 heavy (non-hydrogen) atoms. The van der Waals surface area contributed by atoms with Crippen LogP contribution in [0.2, 0.25) is 0 Å². The van der Waals surface area contributed by atoms with Crippen molar-refractivity contribution >= 4 is 5.91 Å². The molecule has 0 radical (unpaired) electrons. The van der Waals surface area contributed by atoms with Crippen LogP contribution < -0.4 is 5.32 Å². The van der Waals surface area contributed by atoms with Crippen molar-refractivity contribution in [2.45, 2.75) is 65.5 Å². The fourth-order valence-electron chi connectivity index (χ4n) is 4.11. The van der Waals surface area contributed by atoms with Crippen LogP contribution in [-0.2, 0) is 16.8 Å². The number of hydrogen-bond donors (Lipinski definition) is 1. The molecule has 0 aliphatic carbocycles. The maximum Gasteiger partial charge on any atom is 0.223 e. The number of carbonyl (C=O) groups excluding carboxylic acids is 1. The van der Waals surface area contributed by atoms with Gasteiger partial charge in [-0.25, -0.2) is 0 Å². The molecule has 1 aliphatic heterocycles. The molecule has 0 unspecified atom stereocenters. The lowest BCUT2D eigenvalue weighted by molar-refractivity contribution is -0.127. The van der Waals surface area contributed by atoms with Crippen LogP contribution in [0, 0.1) is 12.8 Å². The molecular weight excluding hydrogens is 356 g/mol. The lowest BCUT2D eigenvalue weighted by Crippen LogP contribution is -2.40. The third-order valence-corrected chi connectivity index (χ3v) is 6.08. The van der Waals surface area contributed by atoms with Gasteiger partial charge in [-0.2, -0.15) is 0 Å². The first-order chi connectivity index (χ1) is 13.7. The van der Waals surface area contributed by atoms with E-state index in [4.69, 9.17) is 0 Å². The summed E-state index contributed by atoms with van der Waals surface area (Å²) < 4.78 is 0. The number of piperidine rings is 1. The second-order valence-electron chi connectivity index (χ2n) is 9.64. The van der Waals surface area contributed by atoms with E-state index in [1.807, 2.05) is 0 Å². The minimum atomic E-state index is 0.0434. The van der Waals surface area contributed by atoms with Crippen molar-refractivity contribution < 1.29 is 4.79 Å². The van der Waals surface area contributed by atoms with Gasteiger partial charge in [-0.05, 0) is 61.9 Å². The van der Waals surface area contributed by atoms with Crippen molar-refractivity contribution in [1.82, 2.24) is 10.2 Å². The van der Waals surface area contributed by atoms with Gasteiger partial charge in [0.15, 0.2) is 0 Å². The lowest BCUT2D eigenvalue weighted by Gasteiger charge is -2.32. The molecule has 1 N–H and O–H groups in total. The zero-order chi connectivity index (χ0) is 21.0. The Labute approximate surface area is 176 Å². The van der Waals surface area contributed by atoms with Crippen LogP contribution in [0.4, 0.5) is 0 Å². The Bertz CT molecular complexity index is 811. The van der Waals surface area contributed by atoms with E-state index in [9.17, 15) is 4.79 Å². The highest BCUT2D eigenvalue weighted by Crippen LogP contribution is 2.25. The van der Waals surface area contributed by atoms with Gasteiger partial charge in [0.2, 0.25) is 5.91 Å². The van der Waals surface area contributed by atoms with Crippen LogP contribution in [-0.4, -0.2) is 23.9 Å². The minimum absolute atomic E-state index is 0.0434. The summed E-state index contributed by atoms with van der Waals surface area (Å²) in [4.78, 5) is 15.3. The van der Waals surface area contributed by atoms with Gasteiger partial charge >= 0.3 is 0 Å². The second kappa shape index (κ2) is 9.13. The smallest absolute Gasteiger partial charge is 0.223 e. The quantitative estimate of drug-likeness (QED) is 0.741. The van der Waals surface area contributed by atoms with Crippen molar-refractivity contribution in [1.29, 1.82) is 0 Å². The Kier molecular flexibility index (Phi) is 6.79. The summed E-state index contributed by atoms with van der Waals surface area (Å²) in [6.07, 6.45) is 1.88. The van der Waals surface area contributed by atoms with Crippen LogP contribution in [0.3, 0.4) is 0 Å². The highest BCUT2D eigenvalue weighted by atomic mass is 16.1. The number of rotatable bonds is 5. The van der Waals surface area contributed by atoms with E-state index < -0.39 is 0 Å². The summed E-state index contributed by atoms with van der Waals surface area (Å²) in [6, 6.07) is 17.4. The van der Waals surface area contributed by atoms with Crippen LogP contribution >= 0.6 is 0 Å². The summed E-state index contributed by atoms with van der Waals surface area (Å²) in [7, 11) is 0. The Morgan fingerprint density at radius 1 is 1.10 bits per heavy atom. The van der Waals surface area contributed by atoms with Crippen LogP contribution in [0.5, 0.6) is 0 Å². The fraction of sp³-hybridized carbons (Fsp3) is 0.500. The highest BCUT2D eigenvalue weighted by molar-refractivity contribution is 5.79. The molecule has 0 saturated carbocycles. The molecule has 1 heterocycles. The second-order valence-corrected chi connectivity index (χ2v) is 9.64. The topological polar surface area (TPSA) is 32.3 Å². The van der Waals surface area contributed by atoms with Gasteiger partial charge in [0.25, 0.3) is 0 Å². The molecular formula is C26H36N2O. The summed E-state index contributed by atoms with van der Waals surface area (Å²) in [5.74, 6) is 0.327. The number of hydrogen-bond acceptors (Lipinski definition) is 2. The van der Waals surface area contributed by atoms with Gasteiger partial charge in [-0.15, -0.1) is 0 Å². The molecule has 1 atom stereocenters. The maximum absolute atomic E-state index is 12.8. The third kappa shape index (κ3) is 5.93. The van der Waals surface area contributed by atoms with E-state index >= 15 is 0 Å². The van der Waals surface area contributed by atoms with Crippen molar-refractivity contribution in [3.8, 4) is 0 Å². The summed E-state index contributed by atoms with van der Waals surface area (Å²) in [5, 5.41) is 3.24. The Morgan fingerprint density at radius 3 is 2.34 bits per heavy atom. The molecule has 0 aromatic heterocycles. The minimum Gasteiger partial charge on any atom is -0.349 e. The number of carbonyl (C=O) groups is 1. The van der Waals surface area contributed by atoms with Gasteiger partial charge in [0.1, 0.15) is 0 Å². The van der Waals surface area contributed by atoms with Crippen LogP contribution in [0.15, 0.2) is 48.5 Å². The van der Waals surface area contributed by atoms with E-state index in [1.54, 1.807) is 0 Å². The van der Waals surface area contributed by atoms with Crippen molar-refractivity contribution in [3.05, 3.63) is 70.8 Å². The molecule has 1 aliphatic rings. The molecule has 3 nitrogen and oxygen atoms in total. The van der Waals surface area contributed by atoms with Gasteiger partial charge in [0, 0.05) is 12.5 Å². The average molecular weight is 393 g/mol. The van der Waals surface area contributed by atoms with Crippen molar-refractivity contribution in [3.63, 3.8) is 0 Å². The molecule has 3 heteroatoms. The highest BCUT2D eigenvalue weighted by Gasteiger charge is 2.26. The molecule has 0 bridgehead atoms. The molecule has 156 valence electrons. The zero-order valence-corrected chi connectivity index (χ0v) is 18.7. The summed E-state index contributed by atoms with van der Waals surface area (Å²) in [5.41, 5.74) is 5.31. The van der Waals surface area contributed by atoms with E-state index in [0.717, 1.165) is 32.5 Å².